The Balaban J connectivity index is 2.39. The van der Waals surface area contributed by atoms with Crippen LogP contribution in [0.3, 0.4) is 0 Å². The number of aliphatic carboxylic acids is 1. The number of carbonyl (C=O) groups is 2. The van der Waals surface area contributed by atoms with Crippen molar-refractivity contribution in [3.8, 4) is 0 Å². The average Bonchev–Trinajstić information content (AvgIpc) is 2.82. The molecule has 0 saturated carbocycles. The first-order valence-electron chi connectivity index (χ1n) is 14.2. The topological polar surface area (TPSA) is 112 Å². The summed E-state index contributed by atoms with van der Waals surface area (Å²) in [6.07, 6.45) is 16.1. The minimum atomic E-state index is -1.13. The van der Waals surface area contributed by atoms with Gasteiger partial charge < -0.3 is 15.5 Å². The number of anilines is 1. The molecule has 0 amide bonds. The maximum Gasteiger partial charge on any atom is 0.338 e. The van der Waals surface area contributed by atoms with Crippen LogP contribution in [0.1, 0.15) is 117 Å². The number of hydrogen-bond donors (Lipinski definition) is 3. The minimum Gasteiger partial charge on any atom is -0.480 e. The highest BCUT2D eigenvalue weighted by Crippen LogP contribution is 2.31. The number of rotatable bonds is 20. The zero-order chi connectivity index (χ0) is 28.7. The second-order valence-corrected chi connectivity index (χ2v) is 13.5. The molecule has 38 heavy (non-hydrogen) atoms. The highest BCUT2D eigenvalue weighted by molar-refractivity contribution is 8.00. The van der Waals surface area contributed by atoms with Crippen molar-refractivity contribution >= 4 is 29.6 Å². The molecular formula is C30H51N3O4S. The fourth-order valence-corrected chi connectivity index (χ4v) is 5.59. The van der Waals surface area contributed by atoms with E-state index in [0.717, 1.165) is 24.2 Å². The molecule has 216 valence electrons. The Kier molecular flexibility index (Phi) is 15.6. The summed E-state index contributed by atoms with van der Waals surface area (Å²) in [6, 6.07) is -0.935. The molecule has 3 unspecified atom stereocenters. The highest BCUT2D eigenvalue weighted by Gasteiger charge is 2.36. The van der Waals surface area contributed by atoms with Crippen molar-refractivity contribution in [3.63, 3.8) is 0 Å². The number of carboxylic acid groups (broad SMARTS) is 2. The average molecular weight is 550 g/mol. The van der Waals surface area contributed by atoms with Gasteiger partial charge in [0.05, 0.1) is 5.56 Å². The van der Waals surface area contributed by atoms with Crippen LogP contribution in [0.15, 0.2) is 24.0 Å². The molecule has 1 rings (SSSR count). The van der Waals surface area contributed by atoms with Crippen LogP contribution in [-0.2, 0) is 4.79 Å². The third-order valence-electron chi connectivity index (χ3n) is 7.14. The fourth-order valence-electron chi connectivity index (χ4n) is 4.47. The molecule has 0 radical (unpaired) electrons. The van der Waals surface area contributed by atoms with Gasteiger partial charge in [-0.1, -0.05) is 84.3 Å². The van der Waals surface area contributed by atoms with E-state index in [0.29, 0.717) is 5.75 Å². The number of aromatic carboxylic acids is 1. The third kappa shape index (κ3) is 14.2. The highest BCUT2D eigenvalue weighted by atomic mass is 32.2. The van der Waals surface area contributed by atoms with Gasteiger partial charge in [0.2, 0.25) is 5.95 Å². The van der Waals surface area contributed by atoms with Gasteiger partial charge in [-0.15, -0.1) is 11.8 Å². The number of hydrogen-bond acceptors (Lipinski definition) is 6. The van der Waals surface area contributed by atoms with Gasteiger partial charge in [0.15, 0.2) is 0 Å². The molecule has 7 nitrogen and oxygen atoms in total. The van der Waals surface area contributed by atoms with Crippen LogP contribution in [-0.4, -0.2) is 48.7 Å². The summed E-state index contributed by atoms with van der Waals surface area (Å²) < 4.78 is -0.641. The third-order valence-corrected chi connectivity index (χ3v) is 8.45. The molecule has 0 fully saturated rings. The van der Waals surface area contributed by atoms with E-state index in [1.54, 1.807) is 11.8 Å². The fraction of sp³-hybridized carbons (Fsp3) is 0.733. The first-order valence-corrected chi connectivity index (χ1v) is 15.1. The van der Waals surface area contributed by atoms with Crippen molar-refractivity contribution in [2.75, 3.05) is 11.1 Å². The van der Waals surface area contributed by atoms with Crippen LogP contribution in [0, 0.1) is 17.8 Å². The number of nitrogens with one attached hydrogen (secondary N) is 1. The molecule has 0 spiro atoms. The maximum atomic E-state index is 12.0. The first-order chi connectivity index (χ1) is 17.8. The van der Waals surface area contributed by atoms with Gasteiger partial charge in [0.25, 0.3) is 0 Å². The van der Waals surface area contributed by atoms with E-state index in [1.165, 1.54) is 69.3 Å². The lowest BCUT2D eigenvalue weighted by atomic mass is 9.91. The van der Waals surface area contributed by atoms with E-state index in [-0.39, 0.29) is 11.5 Å². The van der Waals surface area contributed by atoms with E-state index >= 15 is 0 Å². The van der Waals surface area contributed by atoms with Gasteiger partial charge in [0, 0.05) is 22.9 Å². The predicted molar refractivity (Wildman–Crippen MR) is 159 cm³/mol. The van der Waals surface area contributed by atoms with Crippen molar-refractivity contribution in [2.45, 2.75) is 117 Å². The maximum absolute atomic E-state index is 12.0. The number of thioether (sulfide) groups is 1. The van der Waals surface area contributed by atoms with Gasteiger partial charge in [-0.3, -0.25) is 0 Å². The quantitative estimate of drug-likeness (QED) is 0.141. The molecular weight excluding hydrogens is 498 g/mol. The number of aromatic nitrogens is 2. The van der Waals surface area contributed by atoms with Crippen LogP contribution >= 0.6 is 11.8 Å². The van der Waals surface area contributed by atoms with Crippen LogP contribution in [0.25, 0.3) is 0 Å². The smallest absolute Gasteiger partial charge is 0.338 e. The van der Waals surface area contributed by atoms with E-state index in [9.17, 15) is 14.7 Å². The Labute approximate surface area is 234 Å². The van der Waals surface area contributed by atoms with E-state index in [1.807, 2.05) is 13.8 Å². The number of nitrogens with zero attached hydrogens (tertiary/aromatic N) is 2. The molecule has 0 aliphatic rings. The van der Waals surface area contributed by atoms with E-state index in [2.05, 4.69) is 56.0 Å². The van der Waals surface area contributed by atoms with Crippen LogP contribution in [0.5, 0.6) is 0 Å². The summed E-state index contributed by atoms with van der Waals surface area (Å²) in [5, 5.41) is 21.6. The standard InChI is InChI=1S/C30H51N3O4S/c1-21(2)11-8-12-22(3)13-9-14-23(4)15-10-16-24(5)17-18-38-30(6,7)26(28(36)37)33-29-31-19-25(20-32-29)27(34)35/h17,19-23,26H,8-16,18H2,1-7H3,(H,34,35)(H,36,37)(H,31,32,33)/b24-17+. The van der Waals surface area contributed by atoms with Crippen LogP contribution < -0.4 is 5.32 Å². The molecule has 3 N–H and O–H groups in total. The Morgan fingerprint density at radius 3 is 1.97 bits per heavy atom. The SMILES string of the molecule is C/C(=C\CSC(C)(C)C(Nc1ncc(C(=O)O)cn1)C(=O)O)CCCC(C)CCCC(C)CCCC(C)C. The molecule has 0 bridgehead atoms. The van der Waals surface area contributed by atoms with Crippen LogP contribution in [0.2, 0.25) is 0 Å². The molecule has 1 heterocycles. The normalized spacial score (nSPS) is 14.8. The van der Waals surface area contributed by atoms with Crippen molar-refractivity contribution in [1.82, 2.24) is 9.97 Å². The summed E-state index contributed by atoms with van der Waals surface area (Å²) >= 11 is 1.56. The monoisotopic (exact) mass is 549 g/mol. The lowest BCUT2D eigenvalue weighted by Crippen LogP contribution is -2.46. The Morgan fingerprint density at radius 2 is 1.47 bits per heavy atom. The Bertz CT molecular complexity index is 871. The van der Waals surface area contributed by atoms with Crippen molar-refractivity contribution in [1.29, 1.82) is 0 Å². The molecule has 1 aromatic rings. The number of carboxylic acids is 2. The molecule has 0 saturated heterocycles. The number of allylic oxidation sites excluding steroid dienone is 1. The van der Waals surface area contributed by atoms with E-state index < -0.39 is 22.7 Å². The second kappa shape index (κ2) is 17.5. The van der Waals surface area contributed by atoms with Gasteiger partial charge in [-0.05, 0) is 51.4 Å². The lowest BCUT2D eigenvalue weighted by molar-refractivity contribution is -0.138. The Hall–Kier alpha value is -2.09. The zero-order valence-corrected chi connectivity index (χ0v) is 25.4. The summed E-state index contributed by atoms with van der Waals surface area (Å²) in [6.45, 7) is 15.3. The Morgan fingerprint density at radius 1 is 0.947 bits per heavy atom. The summed E-state index contributed by atoms with van der Waals surface area (Å²) in [7, 11) is 0. The second-order valence-electron chi connectivity index (χ2n) is 11.8. The van der Waals surface area contributed by atoms with Gasteiger partial charge >= 0.3 is 11.9 Å². The molecule has 0 aromatic carbocycles. The molecule has 3 atom stereocenters. The minimum absolute atomic E-state index is 0.0480. The molecule has 1 aromatic heterocycles. The van der Waals surface area contributed by atoms with Gasteiger partial charge in [-0.2, -0.15) is 0 Å². The van der Waals surface area contributed by atoms with Gasteiger partial charge in [-0.25, -0.2) is 19.6 Å². The molecule has 8 heteroatoms. The summed E-state index contributed by atoms with van der Waals surface area (Å²) in [5.41, 5.74) is 1.29. The lowest BCUT2D eigenvalue weighted by Gasteiger charge is -2.31. The zero-order valence-electron chi connectivity index (χ0n) is 24.6. The summed E-state index contributed by atoms with van der Waals surface area (Å²) in [4.78, 5) is 30.8. The van der Waals surface area contributed by atoms with Gasteiger partial charge in [0.1, 0.15) is 6.04 Å². The molecule has 0 aliphatic carbocycles. The van der Waals surface area contributed by atoms with Crippen molar-refractivity contribution in [2.24, 2.45) is 17.8 Å². The molecule has 0 aliphatic heterocycles. The largest absolute Gasteiger partial charge is 0.480 e. The first kappa shape index (κ1) is 33.9. The van der Waals surface area contributed by atoms with Crippen LogP contribution in [0.4, 0.5) is 5.95 Å². The van der Waals surface area contributed by atoms with Crippen molar-refractivity contribution in [3.05, 3.63) is 29.6 Å². The predicted octanol–water partition coefficient (Wildman–Crippen LogP) is 7.94. The summed E-state index contributed by atoms with van der Waals surface area (Å²) in [5.74, 6) is 1.09. The van der Waals surface area contributed by atoms with E-state index in [4.69, 9.17) is 5.11 Å². The van der Waals surface area contributed by atoms with Crippen molar-refractivity contribution < 1.29 is 19.8 Å².